The van der Waals surface area contributed by atoms with Crippen LogP contribution in [0.2, 0.25) is 0 Å². The van der Waals surface area contributed by atoms with Crippen LogP contribution in [-0.4, -0.2) is 5.97 Å². The zero-order chi connectivity index (χ0) is 28.0. The molecule has 0 saturated carbocycles. The molecule has 5 heteroatoms. The van der Waals surface area contributed by atoms with Crippen molar-refractivity contribution in [3.8, 4) is 11.5 Å². The lowest BCUT2D eigenvalue weighted by molar-refractivity contribution is 0.0227. The monoisotopic (exact) mass is 538 g/mol. The Kier molecular flexibility index (Phi) is 6.01. The van der Waals surface area contributed by atoms with Crippen molar-refractivity contribution in [1.29, 1.82) is 0 Å². The summed E-state index contributed by atoms with van der Waals surface area (Å²) in [5.74, 6) is 0.979. The Labute approximate surface area is 239 Å². The van der Waals surface area contributed by atoms with Gasteiger partial charge in [-0.15, -0.1) is 0 Å². The third-order valence-electron chi connectivity index (χ3n) is 8.04. The van der Waals surface area contributed by atoms with Crippen LogP contribution in [-0.2, 0) is 16.9 Å². The summed E-state index contributed by atoms with van der Waals surface area (Å²) in [6.07, 6.45) is 0. The highest BCUT2D eigenvalue weighted by atomic mass is 16.6. The summed E-state index contributed by atoms with van der Waals surface area (Å²) < 4.78 is 13.0. The minimum Gasteiger partial charge on any atom is -0.456 e. The van der Waals surface area contributed by atoms with Crippen molar-refractivity contribution in [1.82, 2.24) is 0 Å². The van der Waals surface area contributed by atoms with E-state index in [4.69, 9.17) is 9.47 Å². The number of nitrogens with one attached hydrogen (secondary N) is 2. The highest BCUT2D eigenvalue weighted by Crippen LogP contribution is 2.59. The second-order valence-electron chi connectivity index (χ2n) is 10.7. The van der Waals surface area contributed by atoms with Crippen LogP contribution < -0.4 is 15.4 Å². The highest BCUT2D eigenvalue weighted by molar-refractivity contribution is 5.98. The number of rotatable bonds is 6. The topological polar surface area (TPSA) is 59.6 Å². The maximum absolute atomic E-state index is 13.4. The number of carbonyl (C=O) groups excluding carboxylic acids is 1. The molecule has 0 saturated heterocycles. The number of hydrogen-bond donors (Lipinski definition) is 2. The molecule has 2 heterocycles. The van der Waals surface area contributed by atoms with Gasteiger partial charge in [0.2, 0.25) is 0 Å². The third kappa shape index (κ3) is 4.13. The number of ether oxygens (including phenoxy) is 2. The summed E-state index contributed by atoms with van der Waals surface area (Å²) in [7, 11) is 0. The molecule has 0 aliphatic carbocycles. The molecule has 5 aromatic carbocycles. The molecule has 5 nitrogen and oxygen atoms in total. The number of para-hydroxylation sites is 1. The molecule has 7 rings (SSSR count). The number of esters is 1. The lowest BCUT2D eigenvalue weighted by Gasteiger charge is -2.39. The molecule has 0 fully saturated rings. The first kappa shape index (κ1) is 25.0. The van der Waals surface area contributed by atoms with Gasteiger partial charge in [-0.2, -0.15) is 0 Å². The third-order valence-corrected chi connectivity index (χ3v) is 8.04. The normalized spacial score (nSPS) is 17.1. The van der Waals surface area contributed by atoms with Crippen molar-refractivity contribution in [3.63, 3.8) is 0 Å². The van der Waals surface area contributed by atoms with E-state index in [1.165, 1.54) is 5.56 Å². The largest absolute Gasteiger partial charge is 0.456 e. The van der Waals surface area contributed by atoms with Crippen LogP contribution >= 0.6 is 0 Å². The molecule has 2 N–H and O–H groups in total. The summed E-state index contributed by atoms with van der Waals surface area (Å²) in [6.45, 7) is 4.86. The number of carbonyl (C=O) groups is 1. The molecule has 41 heavy (non-hydrogen) atoms. The minimum absolute atomic E-state index is 0.0408. The Balaban J connectivity index is 1.44. The van der Waals surface area contributed by atoms with Crippen LogP contribution in [0.15, 0.2) is 115 Å². The Morgan fingerprint density at radius 1 is 0.756 bits per heavy atom. The number of hydrogen-bond acceptors (Lipinski definition) is 5. The van der Waals surface area contributed by atoms with Crippen LogP contribution in [0.1, 0.15) is 56.7 Å². The summed E-state index contributed by atoms with van der Waals surface area (Å²) >= 11 is 0. The Hall–Kier alpha value is -5.03. The molecule has 0 radical (unpaired) electrons. The summed E-state index contributed by atoms with van der Waals surface area (Å²) in [4.78, 5) is 13.4. The number of aryl methyl sites for hydroxylation is 1. The molecule has 2 atom stereocenters. The standard InChI is InChI=1S/C36H30N2O3/c1-23-16-18-26(19-17-23)24(2)38-34-30(37-22-25-10-4-3-5-11-25)20-21-32-33(34)36(29-14-8-9-15-31(29)40-32)28-13-7-6-12-27(28)35(39)41-36/h3-21,24,37-38H,22H2,1-2H3. The Morgan fingerprint density at radius 3 is 2.27 bits per heavy atom. The smallest absolute Gasteiger partial charge is 0.340 e. The predicted molar refractivity (Wildman–Crippen MR) is 162 cm³/mol. The first-order valence-electron chi connectivity index (χ1n) is 13.9. The molecular formula is C36H30N2O3. The summed E-state index contributed by atoms with van der Waals surface area (Å²) in [5.41, 5.74) is 7.06. The van der Waals surface area contributed by atoms with E-state index in [-0.39, 0.29) is 12.0 Å². The molecule has 0 bridgehead atoms. The minimum atomic E-state index is -1.17. The van der Waals surface area contributed by atoms with Crippen LogP contribution in [0.3, 0.4) is 0 Å². The zero-order valence-corrected chi connectivity index (χ0v) is 23.0. The second-order valence-corrected chi connectivity index (χ2v) is 10.7. The quantitative estimate of drug-likeness (QED) is 0.213. The van der Waals surface area contributed by atoms with Crippen LogP contribution in [0.25, 0.3) is 0 Å². The van der Waals surface area contributed by atoms with Crippen LogP contribution in [0.4, 0.5) is 11.4 Å². The molecule has 2 aliphatic heterocycles. The van der Waals surface area contributed by atoms with Crippen molar-refractivity contribution in [2.75, 3.05) is 10.6 Å². The van der Waals surface area contributed by atoms with E-state index in [0.29, 0.717) is 23.6 Å². The van der Waals surface area contributed by atoms with E-state index in [9.17, 15) is 4.79 Å². The molecular weight excluding hydrogens is 508 g/mol. The lowest BCUT2D eigenvalue weighted by Crippen LogP contribution is -2.34. The number of benzene rings is 5. The van der Waals surface area contributed by atoms with Gasteiger partial charge in [0, 0.05) is 23.7 Å². The van der Waals surface area contributed by atoms with Crippen molar-refractivity contribution in [3.05, 3.63) is 154 Å². The Morgan fingerprint density at radius 2 is 1.46 bits per heavy atom. The average Bonchev–Trinajstić information content (AvgIpc) is 3.30. The van der Waals surface area contributed by atoms with E-state index >= 15 is 0 Å². The van der Waals surface area contributed by atoms with E-state index in [1.807, 2.05) is 78.9 Å². The fourth-order valence-corrected chi connectivity index (χ4v) is 5.97. The van der Waals surface area contributed by atoms with Gasteiger partial charge in [0.15, 0.2) is 5.60 Å². The molecule has 0 amide bonds. The maximum Gasteiger partial charge on any atom is 0.340 e. The van der Waals surface area contributed by atoms with Crippen molar-refractivity contribution >= 4 is 17.3 Å². The van der Waals surface area contributed by atoms with Gasteiger partial charge in [-0.3, -0.25) is 0 Å². The van der Waals surface area contributed by atoms with Crippen LogP contribution in [0, 0.1) is 6.92 Å². The van der Waals surface area contributed by atoms with E-state index < -0.39 is 5.60 Å². The number of anilines is 2. The summed E-state index contributed by atoms with van der Waals surface area (Å²) in [5, 5.41) is 7.46. The fourth-order valence-electron chi connectivity index (χ4n) is 5.97. The van der Waals surface area contributed by atoms with E-state index in [1.54, 1.807) is 0 Å². The predicted octanol–water partition coefficient (Wildman–Crippen LogP) is 8.35. The van der Waals surface area contributed by atoms with Gasteiger partial charge in [-0.05, 0) is 49.2 Å². The average molecular weight is 539 g/mol. The van der Waals surface area contributed by atoms with Crippen LogP contribution in [0.5, 0.6) is 11.5 Å². The Bertz CT molecular complexity index is 1760. The molecule has 0 aromatic heterocycles. The van der Waals surface area contributed by atoms with Crippen molar-refractivity contribution < 1.29 is 14.3 Å². The molecule has 1 spiro atoms. The van der Waals surface area contributed by atoms with Gasteiger partial charge in [-0.1, -0.05) is 96.6 Å². The molecule has 5 aromatic rings. The zero-order valence-electron chi connectivity index (χ0n) is 23.0. The number of fused-ring (bicyclic) bond motifs is 6. The van der Waals surface area contributed by atoms with E-state index in [0.717, 1.165) is 39.2 Å². The van der Waals surface area contributed by atoms with E-state index in [2.05, 4.69) is 60.9 Å². The van der Waals surface area contributed by atoms with Gasteiger partial charge < -0.3 is 20.1 Å². The van der Waals surface area contributed by atoms with Crippen molar-refractivity contribution in [2.45, 2.75) is 32.0 Å². The SMILES string of the molecule is Cc1ccc(C(C)Nc2c(NCc3ccccc3)ccc3c2C2(OC(=O)c4ccccc42)c2ccccc2O3)cc1. The van der Waals surface area contributed by atoms with Gasteiger partial charge >= 0.3 is 5.97 Å². The second kappa shape index (κ2) is 9.86. The fraction of sp³-hybridized carbons (Fsp3) is 0.139. The van der Waals surface area contributed by atoms with Gasteiger partial charge in [0.25, 0.3) is 0 Å². The molecule has 2 unspecified atom stereocenters. The first-order valence-corrected chi connectivity index (χ1v) is 13.9. The molecule has 2 aliphatic rings. The highest BCUT2D eigenvalue weighted by Gasteiger charge is 2.55. The van der Waals surface area contributed by atoms with Gasteiger partial charge in [-0.25, -0.2) is 4.79 Å². The summed E-state index contributed by atoms with van der Waals surface area (Å²) in [6, 6.07) is 38.3. The van der Waals surface area contributed by atoms with Gasteiger partial charge in [0.05, 0.1) is 22.5 Å². The molecule has 202 valence electrons. The lowest BCUT2D eigenvalue weighted by atomic mass is 9.76. The maximum atomic E-state index is 13.4. The van der Waals surface area contributed by atoms with Crippen molar-refractivity contribution in [2.24, 2.45) is 0 Å². The van der Waals surface area contributed by atoms with Gasteiger partial charge in [0.1, 0.15) is 11.5 Å². The first-order chi connectivity index (χ1) is 20.0.